The van der Waals surface area contributed by atoms with Gasteiger partial charge in [0.15, 0.2) is 0 Å². The molecular weight excluding hydrogens is 422 g/mol. The first-order chi connectivity index (χ1) is 14.6. The monoisotopic (exact) mass is 449 g/mol. The van der Waals surface area contributed by atoms with Crippen molar-refractivity contribution in [2.24, 2.45) is 0 Å². The highest BCUT2D eigenvalue weighted by molar-refractivity contribution is 7.92. The van der Waals surface area contributed by atoms with E-state index in [-0.39, 0.29) is 36.7 Å². The van der Waals surface area contributed by atoms with Crippen molar-refractivity contribution in [1.82, 2.24) is 5.32 Å². The van der Waals surface area contributed by atoms with E-state index in [0.29, 0.717) is 13.2 Å². The lowest BCUT2D eigenvalue weighted by atomic mass is 10.1. The summed E-state index contributed by atoms with van der Waals surface area (Å²) in [6, 6.07) is 11.3. The largest absolute Gasteiger partial charge is 0.492 e. The van der Waals surface area contributed by atoms with E-state index < -0.39 is 14.9 Å². The molecule has 0 aliphatic heterocycles. The Bertz CT molecular complexity index is 1020. The zero-order valence-corrected chi connectivity index (χ0v) is 18.6. The molecule has 0 radical (unpaired) electrons. The Balaban J connectivity index is 1.82. The van der Waals surface area contributed by atoms with Crippen molar-refractivity contribution in [1.29, 1.82) is 0 Å². The number of sulfonamides is 1. The molecule has 2 rings (SSSR count). The Morgan fingerprint density at radius 2 is 1.84 bits per heavy atom. The Morgan fingerprint density at radius 3 is 2.45 bits per heavy atom. The number of ether oxygens (including phenoxy) is 1. The van der Waals surface area contributed by atoms with Crippen LogP contribution >= 0.6 is 0 Å². The maximum absolute atomic E-state index is 12.1. The minimum atomic E-state index is -3.66. The van der Waals surface area contributed by atoms with Gasteiger partial charge in [0, 0.05) is 25.1 Å². The van der Waals surface area contributed by atoms with Crippen LogP contribution in [0.2, 0.25) is 0 Å². The van der Waals surface area contributed by atoms with E-state index in [9.17, 15) is 23.3 Å². The molecule has 0 saturated carbocycles. The topological polar surface area (TPSA) is 119 Å². The third kappa shape index (κ3) is 7.89. The maximum Gasteiger partial charge on any atom is 0.271 e. The summed E-state index contributed by atoms with van der Waals surface area (Å²) in [5, 5.41) is 13.7. The van der Waals surface area contributed by atoms with Gasteiger partial charge in [0.2, 0.25) is 15.9 Å². The van der Waals surface area contributed by atoms with E-state index in [1.165, 1.54) is 24.3 Å². The summed E-state index contributed by atoms with van der Waals surface area (Å²) in [5.74, 6) is 0.518. The molecule has 168 valence electrons. The molecule has 2 aromatic rings. The van der Waals surface area contributed by atoms with Crippen LogP contribution in [0.4, 0.5) is 11.4 Å². The van der Waals surface area contributed by atoms with Crippen LogP contribution in [0, 0.1) is 24.0 Å². The number of rotatable bonds is 11. The van der Waals surface area contributed by atoms with Crippen LogP contribution in [-0.4, -0.2) is 45.2 Å². The molecule has 0 aromatic heterocycles. The van der Waals surface area contributed by atoms with Crippen LogP contribution in [-0.2, 0) is 14.8 Å². The number of hydrogen-bond acceptors (Lipinski definition) is 6. The second-order valence-corrected chi connectivity index (χ2v) is 9.14. The minimum Gasteiger partial charge on any atom is -0.492 e. The fourth-order valence-electron chi connectivity index (χ4n) is 3.10. The molecule has 0 unspecified atom stereocenters. The number of nitro benzene ring substituents is 1. The van der Waals surface area contributed by atoms with Crippen LogP contribution in [0.25, 0.3) is 0 Å². The summed E-state index contributed by atoms with van der Waals surface area (Å²) >= 11 is 0. The SMILES string of the molecule is Cc1cc(C)cc(OCCNC(=O)CCCN(c2cccc([N+](=O)[O-])c2)S(C)(=O)=O)c1. The maximum atomic E-state index is 12.1. The summed E-state index contributed by atoms with van der Waals surface area (Å²) < 4.78 is 30.9. The molecule has 2 aromatic carbocycles. The lowest BCUT2D eigenvalue weighted by molar-refractivity contribution is -0.384. The number of carbonyl (C=O) groups excluding carboxylic acids is 1. The summed E-state index contributed by atoms with van der Waals surface area (Å²) in [5.41, 5.74) is 2.18. The lowest BCUT2D eigenvalue weighted by Crippen LogP contribution is -2.33. The standard InChI is InChI=1S/C21H27N3O6S/c1-16-12-17(2)14-20(13-16)30-11-9-22-21(25)8-5-10-23(31(3,28)29)18-6-4-7-19(15-18)24(26)27/h4,6-7,12-15H,5,8-11H2,1-3H3,(H,22,25). The third-order valence-corrected chi connectivity index (χ3v) is 5.58. The zero-order chi connectivity index (χ0) is 23.0. The zero-order valence-electron chi connectivity index (χ0n) is 17.8. The van der Waals surface area contributed by atoms with Crippen molar-refractivity contribution < 1.29 is 22.9 Å². The highest BCUT2D eigenvalue weighted by atomic mass is 32.2. The van der Waals surface area contributed by atoms with Gasteiger partial charge in [-0.1, -0.05) is 12.1 Å². The minimum absolute atomic E-state index is 0.0342. The van der Waals surface area contributed by atoms with E-state index in [1.807, 2.05) is 32.0 Å². The van der Waals surface area contributed by atoms with Gasteiger partial charge in [0.05, 0.1) is 23.4 Å². The number of hydrogen-bond donors (Lipinski definition) is 1. The van der Waals surface area contributed by atoms with Gasteiger partial charge < -0.3 is 10.1 Å². The Hall–Kier alpha value is -3.14. The average molecular weight is 450 g/mol. The van der Waals surface area contributed by atoms with Gasteiger partial charge in [0.25, 0.3) is 5.69 Å². The molecule has 0 atom stereocenters. The average Bonchev–Trinajstić information content (AvgIpc) is 2.67. The van der Waals surface area contributed by atoms with Crippen LogP contribution in [0.5, 0.6) is 5.75 Å². The summed E-state index contributed by atoms with van der Waals surface area (Å²) in [6.45, 7) is 4.64. The second kappa shape index (κ2) is 10.8. The summed E-state index contributed by atoms with van der Waals surface area (Å²) in [4.78, 5) is 22.4. The van der Waals surface area contributed by atoms with Crippen molar-refractivity contribution in [2.75, 3.05) is 30.3 Å². The van der Waals surface area contributed by atoms with Crippen LogP contribution < -0.4 is 14.4 Å². The fourth-order valence-corrected chi connectivity index (χ4v) is 4.05. The van der Waals surface area contributed by atoms with Crippen molar-refractivity contribution in [3.63, 3.8) is 0 Å². The first kappa shape index (κ1) is 24.1. The lowest BCUT2D eigenvalue weighted by Gasteiger charge is -2.22. The molecule has 0 spiro atoms. The number of nitrogens with zero attached hydrogens (tertiary/aromatic N) is 2. The molecular formula is C21H27N3O6S. The highest BCUT2D eigenvalue weighted by Gasteiger charge is 2.19. The van der Waals surface area contributed by atoms with Gasteiger partial charge in [-0.3, -0.25) is 19.2 Å². The van der Waals surface area contributed by atoms with Crippen molar-refractivity contribution in [3.8, 4) is 5.75 Å². The van der Waals surface area contributed by atoms with Crippen LogP contribution in [0.3, 0.4) is 0 Å². The van der Waals surface area contributed by atoms with Gasteiger partial charge in [0.1, 0.15) is 12.4 Å². The normalized spacial score (nSPS) is 11.1. The second-order valence-electron chi connectivity index (χ2n) is 7.24. The van der Waals surface area contributed by atoms with Gasteiger partial charge in [-0.25, -0.2) is 8.42 Å². The Morgan fingerprint density at radius 1 is 1.16 bits per heavy atom. The first-order valence-corrected chi connectivity index (χ1v) is 11.6. The molecule has 0 bridgehead atoms. The predicted molar refractivity (Wildman–Crippen MR) is 119 cm³/mol. The van der Waals surface area contributed by atoms with Crippen LogP contribution in [0.15, 0.2) is 42.5 Å². The number of nitrogens with one attached hydrogen (secondary N) is 1. The molecule has 1 amide bonds. The molecule has 0 aliphatic carbocycles. The molecule has 10 heteroatoms. The van der Waals surface area contributed by atoms with Gasteiger partial charge in [-0.15, -0.1) is 0 Å². The molecule has 0 aliphatic rings. The van der Waals surface area contributed by atoms with Gasteiger partial charge in [-0.05, 0) is 49.6 Å². The predicted octanol–water partition coefficient (Wildman–Crippen LogP) is 2.95. The molecule has 31 heavy (non-hydrogen) atoms. The number of carbonyl (C=O) groups is 1. The number of non-ortho nitro benzene ring substituents is 1. The van der Waals surface area contributed by atoms with E-state index in [4.69, 9.17) is 4.74 Å². The third-order valence-electron chi connectivity index (χ3n) is 4.38. The summed E-state index contributed by atoms with van der Waals surface area (Å²) in [7, 11) is -3.66. The van der Waals surface area contributed by atoms with Crippen molar-refractivity contribution in [2.45, 2.75) is 26.7 Å². The summed E-state index contributed by atoms with van der Waals surface area (Å²) in [6.07, 6.45) is 1.40. The Kier molecular flexibility index (Phi) is 8.38. The van der Waals surface area contributed by atoms with Crippen LogP contribution in [0.1, 0.15) is 24.0 Å². The van der Waals surface area contributed by atoms with E-state index in [0.717, 1.165) is 27.4 Å². The number of nitro groups is 1. The number of amides is 1. The molecule has 1 N–H and O–H groups in total. The van der Waals surface area contributed by atoms with E-state index in [1.54, 1.807) is 0 Å². The number of anilines is 1. The smallest absolute Gasteiger partial charge is 0.271 e. The van der Waals surface area contributed by atoms with Gasteiger partial charge in [-0.2, -0.15) is 0 Å². The van der Waals surface area contributed by atoms with Gasteiger partial charge >= 0.3 is 0 Å². The van der Waals surface area contributed by atoms with Crippen molar-refractivity contribution in [3.05, 3.63) is 63.7 Å². The number of benzene rings is 2. The highest BCUT2D eigenvalue weighted by Crippen LogP contribution is 2.23. The molecule has 0 saturated heterocycles. The molecule has 0 fully saturated rings. The first-order valence-electron chi connectivity index (χ1n) is 9.76. The molecule has 0 heterocycles. The number of aryl methyl sites for hydroxylation is 2. The van der Waals surface area contributed by atoms with E-state index in [2.05, 4.69) is 5.32 Å². The van der Waals surface area contributed by atoms with Crippen molar-refractivity contribution >= 4 is 27.3 Å². The van der Waals surface area contributed by atoms with E-state index >= 15 is 0 Å². The quantitative estimate of drug-likeness (QED) is 0.320. The molecule has 9 nitrogen and oxygen atoms in total. The fraction of sp³-hybridized carbons (Fsp3) is 0.381. The Labute approximate surface area is 182 Å².